The van der Waals surface area contributed by atoms with Gasteiger partial charge in [0, 0.05) is 29.6 Å². The number of piperidine rings is 1. The van der Waals surface area contributed by atoms with Crippen LogP contribution in [0.1, 0.15) is 43.0 Å². The summed E-state index contributed by atoms with van der Waals surface area (Å²) in [5.74, 6) is -0.319. The molecule has 1 unspecified atom stereocenters. The molecule has 0 amide bonds. The number of halogens is 5. The van der Waals surface area contributed by atoms with Gasteiger partial charge in [0.1, 0.15) is 17.7 Å². The van der Waals surface area contributed by atoms with Gasteiger partial charge in [-0.1, -0.05) is 11.8 Å². The second-order valence-electron chi connectivity index (χ2n) is 9.33. The first-order chi connectivity index (χ1) is 18.1. The summed E-state index contributed by atoms with van der Waals surface area (Å²) in [6.45, 7) is 0.916. The van der Waals surface area contributed by atoms with Gasteiger partial charge in [0.2, 0.25) is 0 Å². The number of hydrogen-bond donors (Lipinski definition) is 1. The summed E-state index contributed by atoms with van der Waals surface area (Å²) in [7, 11) is 1.44. The maximum Gasteiger partial charge on any atom is 0.309 e. The van der Waals surface area contributed by atoms with Crippen molar-refractivity contribution in [2.75, 3.05) is 26.7 Å². The first-order valence-corrected chi connectivity index (χ1v) is 12.0. The van der Waals surface area contributed by atoms with Crippen LogP contribution in [0.2, 0.25) is 0 Å². The Bertz CT molecular complexity index is 1390. The highest BCUT2D eigenvalue weighted by Gasteiger charge is 2.41. The van der Waals surface area contributed by atoms with Crippen molar-refractivity contribution >= 4 is 16.9 Å². The average molecular weight is 533 g/mol. The van der Waals surface area contributed by atoms with E-state index in [0.717, 1.165) is 18.3 Å². The van der Waals surface area contributed by atoms with E-state index >= 15 is 4.39 Å². The third-order valence-corrected chi connectivity index (χ3v) is 7.04. The molecule has 1 fully saturated rings. The first kappa shape index (κ1) is 27.3. The molecule has 2 heterocycles. The van der Waals surface area contributed by atoms with E-state index in [9.17, 15) is 27.5 Å². The molecule has 1 aliphatic heterocycles. The monoisotopic (exact) mass is 532 g/mol. The lowest BCUT2D eigenvalue weighted by Crippen LogP contribution is -2.44. The highest BCUT2D eigenvalue weighted by Crippen LogP contribution is 2.41. The second kappa shape index (κ2) is 11.4. The number of carboxylic acid groups (broad SMARTS) is 1. The SMILES string of the molecule is COc1ccc2ncc(F)c(C(F)CCC3(C(=O)O)CCN(CC#Cc4cc(F)c(F)c(F)c4)CC3)c2c1. The van der Waals surface area contributed by atoms with Crippen molar-refractivity contribution < 1.29 is 36.6 Å². The number of carbonyl (C=O) groups is 1. The molecule has 4 rings (SSSR count). The van der Waals surface area contributed by atoms with E-state index in [1.54, 1.807) is 12.1 Å². The molecule has 200 valence electrons. The van der Waals surface area contributed by atoms with Crippen LogP contribution in [0.15, 0.2) is 36.5 Å². The van der Waals surface area contributed by atoms with Gasteiger partial charge in [-0.2, -0.15) is 0 Å². The average Bonchev–Trinajstić information content (AvgIpc) is 2.90. The number of alkyl halides is 1. The first-order valence-electron chi connectivity index (χ1n) is 12.0. The highest BCUT2D eigenvalue weighted by molar-refractivity contribution is 5.84. The lowest BCUT2D eigenvalue weighted by atomic mass is 9.74. The molecule has 10 heteroatoms. The van der Waals surface area contributed by atoms with Gasteiger partial charge in [0.25, 0.3) is 0 Å². The number of pyridine rings is 1. The molecular weight excluding hydrogens is 507 g/mol. The van der Waals surface area contributed by atoms with Gasteiger partial charge >= 0.3 is 5.97 Å². The van der Waals surface area contributed by atoms with Crippen molar-refractivity contribution in [3.63, 3.8) is 0 Å². The minimum absolute atomic E-state index is 0.00434. The molecule has 1 aromatic heterocycles. The maximum atomic E-state index is 15.4. The third kappa shape index (κ3) is 5.73. The van der Waals surface area contributed by atoms with Crippen LogP contribution in [-0.4, -0.2) is 47.7 Å². The zero-order chi connectivity index (χ0) is 27.4. The van der Waals surface area contributed by atoms with Crippen molar-refractivity contribution in [1.82, 2.24) is 9.88 Å². The Morgan fingerprint density at radius 3 is 2.45 bits per heavy atom. The highest BCUT2D eigenvalue weighted by atomic mass is 19.2. The fourth-order valence-corrected chi connectivity index (χ4v) is 4.75. The number of fused-ring (bicyclic) bond motifs is 1. The largest absolute Gasteiger partial charge is 0.497 e. The Balaban J connectivity index is 1.41. The number of benzene rings is 2. The van der Waals surface area contributed by atoms with E-state index in [0.29, 0.717) is 24.4 Å². The van der Waals surface area contributed by atoms with Gasteiger partial charge in [-0.05, 0) is 56.0 Å². The summed E-state index contributed by atoms with van der Waals surface area (Å²) in [6.07, 6.45) is -0.527. The van der Waals surface area contributed by atoms with Crippen molar-refractivity contribution in [3.8, 4) is 17.6 Å². The molecule has 3 aromatic rings. The van der Waals surface area contributed by atoms with Crippen LogP contribution in [-0.2, 0) is 4.79 Å². The number of aliphatic carboxylic acids is 1. The second-order valence-corrected chi connectivity index (χ2v) is 9.33. The Morgan fingerprint density at radius 2 is 1.82 bits per heavy atom. The molecule has 0 saturated carbocycles. The zero-order valence-corrected chi connectivity index (χ0v) is 20.5. The summed E-state index contributed by atoms with van der Waals surface area (Å²) < 4.78 is 75.0. The fraction of sp³-hybridized carbons (Fsp3) is 0.357. The number of hydrogen-bond acceptors (Lipinski definition) is 4. The van der Waals surface area contributed by atoms with Crippen LogP contribution in [0.3, 0.4) is 0 Å². The van der Waals surface area contributed by atoms with Gasteiger partial charge < -0.3 is 9.84 Å². The van der Waals surface area contributed by atoms with Crippen LogP contribution in [0.5, 0.6) is 5.75 Å². The quantitative estimate of drug-likeness (QED) is 0.237. The predicted octanol–water partition coefficient (Wildman–Crippen LogP) is 5.81. The Hall–Kier alpha value is -3.71. The molecule has 0 bridgehead atoms. The standard InChI is InChI=1S/C28H25F5N2O3/c1-38-18-4-5-24-19(15-18)25(23(32)16-34-24)20(29)6-7-28(27(36)37)8-11-35(12-9-28)10-2-3-17-13-21(30)26(33)22(31)14-17/h4-5,13-16,20H,6-12H2,1H3,(H,36,37). The number of methoxy groups -OCH3 is 1. The van der Waals surface area contributed by atoms with Crippen molar-refractivity contribution in [3.05, 3.63) is 70.9 Å². The van der Waals surface area contributed by atoms with E-state index in [-0.39, 0.29) is 48.7 Å². The molecule has 1 N–H and O–H groups in total. The van der Waals surface area contributed by atoms with Crippen LogP contribution in [0.25, 0.3) is 10.9 Å². The van der Waals surface area contributed by atoms with Crippen LogP contribution < -0.4 is 4.74 Å². The molecule has 0 spiro atoms. The summed E-state index contributed by atoms with van der Waals surface area (Å²) in [5, 5.41) is 10.3. The van der Waals surface area contributed by atoms with Crippen LogP contribution >= 0.6 is 0 Å². The molecule has 0 aliphatic carbocycles. The van der Waals surface area contributed by atoms with E-state index < -0.39 is 40.8 Å². The van der Waals surface area contributed by atoms with Gasteiger partial charge in [0.15, 0.2) is 17.5 Å². The molecular formula is C28H25F5N2O3. The number of aromatic nitrogens is 1. The van der Waals surface area contributed by atoms with Crippen molar-refractivity contribution in [2.45, 2.75) is 31.9 Å². The lowest BCUT2D eigenvalue weighted by molar-refractivity contribution is -0.152. The molecule has 1 atom stereocenters. The topological polar surface area (TPSA) is 62.7 Å². The third-order valence-electron chi connectivity index (χ3n) is 7.04. The smallest absolute Gasteiger partial charge is 0.309 e. The van der Waals surface area contributed by atoms with Gasteiger partial charge in [0.05, 0.1) is 30.8 Å². The Morgan fingerprint density at radius 1 is 1.13 bits per heavy atom. The summed E-state index contributed by atoms with van der Waals surface area (Å²) in [4.78, 5) is 18.1. The Labute approximate surface area is 216 Å². The lowest BCUT2D eigenvalue weighted by Gasteiger charge is -2.38. The van der Waals surface area contributed by atoms with E-state index in [1.807, 2.05) is 4.90 Å². The van der Waals surface area contributed by atoms with Gasteiger partial charge in [-0.15, -0.1) is 0 Å². The molecule has 1 aliphatic rings. The fourth-order valence-electron chi connectivity index (χ4n) is 4.75. The summed E-state index contributed by atoms with van der Waals surface area (Å²) in [6, 6.07) is 6.35. The van der Waals surface area contributed by atoms with E-state index in [1.165, 1.54) is 13.2 Å². The maximum absolute atomic E-state index is 15.4. The van der Waals surface area contributed by atoms with Crippen LogP contribution in [0.4, 0.5) is 22.0 Å². The molecule has 2 aromatic carbocycles. The Kier molecular flexibility index (Phi) is 8.17. The summed E-state index contributed by atoms with van der Waals surface area (Å²) >= 11 is 0. The summed E-state index contributed by atoms with van der Waals surface area (Å²) in [5.41, 5.74) is -0.969. The van der Waals surface area contributed by atoms with Crippen molar-refractivity contribution in [2.24, 2.45) is 5.41 Å². The number of likely N-dealkylation sites (tertiary alicyclic amines) is 1. The minimum Gasteiger partial charge on any atom is -0.497 e. The zero-order valence-electron chi connectivity index (χ0n) is 20.5. The normalized spacial score (nSPS) is 16.1. The van der Waals surface area contributed by atoms with E-state index in [2.05, 4.69) is 16.8 Å². The number of ether oxygens (including phenoxy) is 1. The molecule has 0 radical (unpaired) electrons. The number of carboxylic acids is 1. The van der Waals surface area contributed by atoms with Gasteiger partial charge in [-0.3, -0.25) is 14.7 Å². The van der Waals surface area contributed by atoms with Gasteiger partial charge in [-0.25, -0.2) is 22.0 Å². The van der Waals surface area contributed by atoms with Crippen molar-refractivity contribution in [1.29, 1.82) is 0 Å². The predicted molar refractivity (Wildman–Crippen MR) is 130 cm³/mol. The van der Waals surface area contributed by atoms with E-state index in [4.69, 9.17) is 4.74 Å². The molecule has 1 saturated heterocycles. The van der Waals surface area contributed by atoms with Crippen LogP contribution in [0, 0.1) is 40.5 Å². The molecule has 38 heavy (non-hydrogen) atoms. The number of rotatable bonds is 7. The minimum atomic E-state index is -1.75. The number of nitrogens with zero attached hydrogens (tertiary/aromatic N) is 2. The molecule has 5 nitrogen and oxygen atoms in total.